The van der Waals surface area contributed by atoms with Crippen LogP contribution in [0.5, 0.6) is 0 Å². The van der Waals surface area contributed by atoms with Crippen molar-refractivity contribution in [3.63, 3.8) is 0 Å². The first-order valence-electron chi connectivity index (χ1n) is 0.783. The van der Waals surface area contributed by atoms with Crippen LogP contribution < -0.4 is 0 Å². The minimum atomic E-state index is -3.11. The predicted molar refractivity (Wildman–Crippen MR) is 36.3 cm³/mol. The molecule has 0 rings (SSSR count). The summed E-state index contributed by atoms with van der Waals surface area (Å²) < 4.78 is 0. The van der Waals surface area contributed by atoms with Crippen LogP contribution in [0.3, 0.4) is 0 Å². The van der Waals surface area contributed by atoms with Crippen LogP contribution in [-0.2, 0) is 11.8 Å². The summed E-state index contributed by atoms with van der Waals surface area (Å²) in [5.74, 6) is 0. The third-order valence-electron chi connectivity index (χ3n) is 0. The fourth-order valence-electron chi connectivity index (χ4n) is 0. The molecule has 0 amide bonds. The van der Waals surface area contributed by atoms with E-state index in [-0.39, 0.29) is 45.5 Å². The van der Waals surface area contributed by atoms with Crippen molar-refractivity contribution in [3.05, 3.63) is 0 Å². The van der Waals surface area contributed by atoms with Crippen LogP contribution in [0.25, 0.3) is 0 Å². The summed E-state index contributed by atoms with van der Waals surface area (Å²) in [6.45, 7) is 0. The molecule has 0 aromatic rings. The van der Waals surface area contributed by atoms with E-state index in [0.29, 0.717) is 0 Å². The van der Waals surface area contributed by atoms with Gasteiger partial charge in [0, 0.05) is 0 Å². The Morgan fingerprint density at radius 1 is 1.50 bits per heavy atom. The Bertz CT molecular complexity index is 57.7. The second-order valence-corrected chi connectivity index (χ2v) is 5.55. The summed E-state index contributed by atoms with van der Waals surface area (Å²) in [5.41, 5.74) is -3.11. The summed E-state index contributed by atoms with van der Waals surface area (Å²) in [6, 6.07) is 0. The fourth-order valence-corrected chi connectivity index (χ4v) is 0. The number of rotatable bonds is 0. The Morgan fingerprint density at radius 3 is 1.50 bits per heavy atom. The number of hydrogen-bond acceptors (Lipinski definition) is 1. The Morgan fingerprint density at radius 2 is 1.50 bits per heavy atom. The second-order valence-electron chi connectivity index (χ2n) is 0.513. The van der Waals surface area contributed by atoms with Gasteiger partial charge in [-0.3, -0.25) is 0 Å². The number of thiol groups is 1. The molecule has 0 aromatic carbocycles. The van der Waals surface area contributed by atoms with Crippen LogP contribution in [0.15, 0.2) is 0 Å². The monoisotopic (exact) mass is 220 g/mol. The standard InChI is InChI=1S/H3O2PS2.Sr.2H/c1-3(2,4)5;;;/h(H3,1,2,4,5);;;. The molecule has 0 saturated carbocycles. The Balaban J connectivity index is 0. The van der Waals surface area contributed by atoms with E-state index in [1.54, 1.807) is 0 Å². The maximum absolute atomic E-state index is 7.87. The van der Waals surface area contributed by atoms with Gasteiger partial charge in [0.2, 0.25) is 5.69 Å². The van der Waals surface area contributed by atoms with Crippen molar-refractivity contribution in [1.82, 2.24) is 0 Å². The second kappa shape index (κ2) is 4.30. The third kappa shape index (κ3) is 32.4. The first kappa shape index (κ1) is 11.2. The molecule has 0 bridgehead atoms. The summed E-state index contributed by atoms with van der Waals surface area (Å²) in [6.07, 6.45) is 0. The molecule has 6 heteroatoms. The molecule has 0 aromatic heterocycles. The molecular weight excluding hydrogens is 215 g/mol. The molecule has 6 heavy (non-hydrogen) atoms. The van der Waals surface area contributed by atoms with Crippen LogP contribution in [0.4, 0.5) is 0 Å². The average molecular weight is 220 g/mol. The van der Waals surface area contributed by atoms with E-state index in [4.69, 9.17) is 9.79 Å². The summed E-state index contributed by atoms with van der Waals surface area (Å²) in [4.78, 5) is 15.7. The summed E-state index contributed by atoms with van der Waals surface area (Å²) in [7, 11) is 0. The van der Waals surface area contributed by atoms with Crippen LogP contribution in [0.2, 0.25) is 0 Å². The van der Waals surface area contributed by atoms with Crippen molar-refractivity contribution in [2.45, 2.75) is 0 Å². The van der Waals surface area contributed by atoms with E-state index in [1.807, 2.05) is 0 Å². The number of hydrogen-bond donors (Lipinski definition) is 3. The van der Waals surface area contributed by atoms with Crippen molar-refractivity contribution >= 4 is 75.2 Å². The molecule has 0 saturated heterocycles. The van der Waals surface area contributed by atoms with Gasteiger partial charge in [0.15, 0.2) is 0 Å². The molecule has 0 spiro atoms. The molecule has 0 radical (unpaired) electrons. The van der Waals surface area contributed by atoms with E-state index in [0.717, 1.165) is 0 Å². The normalized spacial score (nSPS) is 9.83. The van der Waals surface area contributed by atoms with Crippen LogP contribution in [0.1, 0.15) is 0 Å². The van der Waals surface area contributed by atoms with E-state index >= 15 is 0 Å². The molecule has 2 nitrogen and oxygen atoms in total. The van der Waals surface area contributed by atoms with Gasteiger partial charge in [-0.15, -0.1) is 0 Å². The fraction of sp³-hybridized carbons (Fsp3) is 0. The molecule has 0 atom stereocenters. The molecular formula is H5O2PS2Sr. The Labute approximate surface area is 83.5 Å². The van der Waals surface area contributed by atoms with Gasteiger partial charge in [-0.25, -0.2) is 0 Å². The molecule has 0 fully saturated rings. The van der Waals surface area contributed by atoms with Crippen molar-refractivity contribution in [2.24, 2.45) is 0 Å². The quantitative estimate of drug-likeness (QED) is 0.284. The van der Waals surface area contributed by atoms with Gasteiger partial charge in [-0.05, 0) is 11.8 Å². The van der Waals surface area contributed by atoms with Gasteiger partial charge in [0.05, 0.1) is 0 Å². The first-order chi connectivity index (χ1) is 2.00. The molecule has 36 valence electrons. The van der Waals surface area contributed by atoms with E-state index in [2.05, 4.69) is 24.1 Å². The van der Waals surface area contributed by atoms with Gasteiger partial charge in [-0.2, -0.15) is 0 Å². The molecule has 2 N–H and O–H groups in total. The van der Waals surface area contributed by atoms with Gasteiger partial charge in [0.1, 0.15) is 0 Å². The summed E-state index contributed by atoms with van der Waals surface area (Å²) >= 11 is 7.07. The van der Waals surface area contributed by atoms with Crippen LogP contribution >= 0.6 is 17.9 Å². The van der Waals surface area contributed by atoms with Gasteiger partial charge in [-0.1, -0.05) is 12.2 Å². The van der Waals surface area contributed by atoms with E-state index < -0.39 is 5.69 Å². The SMILES string of the molecule is OP(O)(=S)S.[SrH2]. The molecule has 0 aliphatic carbocycles. The van der Waals surface area contributed by atoms with E-state index in [9.17, 15) is 0 Å². The predicted octanol–water partition coefficient (Wildman–Crippen LogP) is -0.791. The molecule has 0 aliphatic rings. The first-order valence-corrected chi connectivity index (χ1v) is 4.64. The van der Waals surface area contributed by atoms with Crippen LogP contribution in [0, 0.1) is 0 Å². The van der Waals surface area contributed by atoms with Gasteiger partial charge < -0.3 is 9.79 Å². The van der Waals surface area contributed by atoms with Crippen LogP contribution in [-0.4, -0.2) is 55.3 Å². The molecule has 0 heterocycles. The van der Waals surface area contributed by atoms with Crippen molar-refractivity contribution in [3.8, 4) is 0 Å². The minimum absolute atomic E-state index is 0. The maximum atomic E-state index is 7.87. The van der Waals surface area contributed by atoms with Gasteiger partial charge >= 0.3 is 45.5 Å². The van der Waals surface area contributed by atoms with Crippen molar-refractivity contribution < 1.29 is 9.79 Å². The Kier molecular flexibility index (Phi) is 8.04. The Hall–Kier alpha value is 2.40. The average Bonchev–Trinajstić information content (AvgIpc) is 0.722. The van der Waals surface area contributed by atoms with Crippen molar-refractivity contribution in [1.29, 1.82) is 0 Å². The molecule has 0 unspecified atom stereocenters. The zero-order valence-electron chi connectivity index (χ0n) is 2.20. The zero-order chi connectivity index (χ0) is 4.50. The van der Waals surface area contributed by atoms with Gasteiger partial charge in [0.25, 0.3) is 0 Å². The molecule has 0 aliphatic heterocycles. The third-order valence-corrected chi connectivity index (χ3v) is 0. The van der Waals surface area contributed by atoms with E-state index in [1.165, 1.54) is 0 Å². The van der Waals surface area contributed by atoms with Crippen molar-refractivity contribution in [2.75, 3.05) is 0 Å². The zero-order valence-corrected chi connectivity index (χ0v) is 4.80. The summed E-state index contributed by atoms with van der Waals surface area (Å²) in [5, 5.41) is 0. The topological polar surface area (TPSA) is 40.5 Å².